The van der Waals surface area contributed by atoms with E-state index in [4.69, 9.17) is 0 Å². The second kappa shape index (κ2) is 7.18. The lowest BCUT2D eigenvalue weighted by molar-refractivity contribution is 0.451. The largest absolute Gasteiger partial charge is 0.308 e. The van der Waals surface area contributed by atoms with Crippen LogP contribution in [0.15, 0.2) is 41.6 Å². The number of aromatic nitrogens is 2. The van der Waals surface area contributed by atoms with Crippen molar-refractivity contribution >= 4 is 0 Å². The lowest BCUT2D eigenvalue weighted by Crippen LogP contribution is -2.31. The number of benzene rings is 1. The van der Waals surface area contributed by atoms with E-state index in [1.165, 1.54) is 29.0 Å². The topological polar surface area (TPSA) is 46.9 Å². The third-order valence-corrected chi connectivity index (χ3v) is 3.62. The van der Waals surface area contributed by atoms with Gasteiger partial charge in [0, 0.05) is 18.8 Å². The van der Waals surface area contributed by atoms with Crippen LogP contribution in [0.4, 0.5) is 0 Å². The molecule has 1 atom stereocenters. The Labute approximate surface area is 125 Å². The first kappa shape index (κ1) is 15.4. The first-order valence-electron chi connectivity index (χ1n) is 7.42. The van der Waals surface area contributed by atoms with Gasteiger partial charge in [0.05, 0.1) is 12.4 Å². The van der Waals surface area contributed by atoms with Crippen LogP contribution in [0.3, 0.4) is 0 Å². The minimum Gasteiger partial charge on any atom is -0.308 e. The number of rotatable bonds is 6. The summed E-state index contributed by atoms with van der Waals surface area (Å²) in [6.07, 6.45) is 4.20. The van der Waals surface area contributed by atoms with Crippen LogP contribution in [0.1, 0.15) is 36.1 Å². The van der Waals surface area contributed by atoms with E-state index < -0.39 is 0 Å². The van der Waals surface area contributed by atoms with Gasteiger partial charge in [0.15, 0.2) is 0 Å². The Bertz CT molecular complexity index is 648. The molecule has 1 aromatic heterocycles. The molecule has 0 bridgehead atoms. The molecule has 0 fully saturated rings. The van der Waals surface area contributed by atoms with E-state index in [-0.39, 0.29) is 11.6 Å². The van der Waals surface area contributed by atoms with Crippen LogP contribution in [-0.4, -0.2) is 16.1 Å². The van der Waals surface area contributed by atoms with E-state index >= 15 is 0 Å². The Morgan fingerprint density at radius 2 is 2.10 bits per heavy atom. The molecule has 0 aliphatic rings. The van der Waals surface area contributed by atoms with Crippen LogP contribution in [0.25, 0.3) is 0 Å². The van der Waals surface area contributed by atoms with Crippen molar-refractivity contribution in [3.8, 4) is 0 Å². The molecule has 21 heavy (non-hydrogen) atoms. The minimum absolute atomic E-state index is 0.0152. The Kier molecular flexibility index (Phi) is 5.28. The highest BCUT2D eigenvalue weighted by Gasteiger charge is 2.14. The highest BCUT2D eigenvalue weighted by Crippen LogP contribution is 2.20. The van der Waals surface area contributed by atoms with Crippen molar-refractivity contribution in [3.05, 3.63) is 63.8 Å². The van der Waals surface area contributed by atoms with Crippen molar-refractivity contribution < 1.29 is 0 Å². The summed E-state index contributed by atoms with van der Waals surface area (Å²) in [5.74, 6) is 0. The smallest absolute Gasteiger partial charge is 0.253 e. The van der Waals surface area contributed by atoms with Crippen LogP contribution in [-0.2, 0) is 6.54 Å². The molecule has 0 radical (unpaired) electrons. The van der Waals surface area contributed by atoms with Crippen molar-refractivity contribution in [1.29, 1.82) is 0 Å². The van der Waals surface area contributed by atoms with Crippen molar-refractivity contribution in [2.24, 2.45) is 0 Å². The van der Waals surface area contributed by atoms with Crippen molar-refractivity contribution in [3.63, 3.8) is 0 Å². The molecule has 1 aromatic carbocycles. The molecule has 112 valence electrons. The first-order chi connectivity index (χ1) is 10.1. The molecule has 0 aliphatic heterocycles. The Hall–Kier alpha value is -1.94. The third-order valence-electron chi connectivity index (χ3n) is 3.62. The number of nitrogens with zero attached hydrogens (tertiary/aromatic N) is 2. The Morgan fingerprint density at radius 3 is 2.81 bits per heavy atom. The van der Waals surface area contributed by atoms with Gasteiger partial charge in [-0.2, -0.15) is 0 Å². The maximum Gasteiger partial charge on any atom is 0.253 e. The van der Waals surface area contributed by atoms with E-state index in [1.807, 2.05) is 0 Å². The molecule has 0 saturated heterocycles. The standard InChI is InChI=1S/C17H23N3O/c1-4-8-19-16(11-20-12-18-9-7-17(20)21)15-10-13(2)5-6-14(15)3/h5-7,9-10,12,16,19H,4,8,11H2,1-3H3. The number of nitrogens with one attached hydrogen (secondary N) is 1. The maximum absolute atomic E-state index is 11.9. The summed E-state index contributed by atoms with van der Waals surface area (Å²) >= 11 is 0. The average molecular weight is 285 g/mol. The fourth-order valence-electron chi connectivity index (χ4n) is 2.44. The predicted octanol–water partition coefficient (Wildman–Crippen LogP) is 2.60. The average Bonchev–Trinajstić information content (AvgIpc) is 2.48. The maximum atomic E-state index is 11.9. The minimum atomic E-state index is -0.0152. The van der Waals surface area contributed by atoms with Crippen molar-refractivity contribution in [2.45, 2.75) is 39.8 Å². The molecule has 1 heterocycles. The zero-order valence-corrected chi connectivity index (χ0v) is 13.0. The predicted molar refractivity (Wildman–Crippen MR) is 85.4 cm³/mol. The summed E-state index contributed by atoms with van der Waals surface area (Å²) in [6, 6.07) is 8.07. The second-order valence-electron chi connectivity index (χ2n) is 5.44. The molecule has 0 amide bonds. The van der Waals surface area contributed by atoms with Gasteiger partial charge in [-0.25, -0.2) is 4.98 Å². The number of hydrogen-bond acceptors (Lipinski definition) is 3. The van der Waals surface area contributed by atoms with Gasteiger partial charge < -0.3 is 5.32 Å². The van der Waals surface area contributed by atoms with Crippen LogP contribution < -0.4 is 10.9 Å². The summed E-state index contributed by atoms with van der Waals surface area (Å²) in [5.41, 5.74) is 3.71. The normalized spacial score (nSPS) is 12.3. The molecule has 1 unspecified atom stereocenters. The number of aryl methyl sites for hydroxylation is 2. The molecule has 1 N–H and O–H groups in total. The molecule has 0 aliphatic carbocycles. The van der Waals surface area contributed by atoms with Gasteiger partial charge in [0.25, 0.3) is 5.56 Å². The SMILES string of the molecule is CCCNC(Cn1cnccc1=O)c1cc(C)ccc1C. The first-order valence-corrected chi connectivity index (χ1v) is 7.42. The zero-order valence-electron chi connectivity index (χ0n) is 13.0. The summed E-state index contributed by atoms with van der Waals surface area (Å²) in [6.45, 7) is 7.87. The lowest BCUT2D eigenvalue weighted by Gasteiger charge is -2.22. The van der Waals surface area contributed by atoms with Gasteiger partial charge in [-0.3, -0.25) is 9.36 Å². The highest BCUT2D eigenvalue weighted by atomic mass is 16.1. The molecule has 0 spiro atoms. The van der Waals surface area contributed by atoms with Crippen LogP contribution >= 0.6 is 0 Å². The second-order valence-corrected chi connectivity index (χ2v) is 5.44. The van der Waals surface area contributed by atoms with Crippen LogP contribution in [0.5, 0.6) is 0 Å². The van der Waals surface area contributed by atoms with Gasteiger partial charge in [-0.1, -0.05) is 30.7 Å². The van der Waals surface area contributed by atoms with E-state index in [0.717, 1.165) is 13.0 Å². The quantitative estimate of drug-likeness (QED) is 0.887. The van der Waals surface area contributed by atoms with E-state index in [0.29, 0.717) is 6.54 Å². The monoisotopic (exact) mass is 285 g/mol. The summed E-state index contributed by atoms with van der Waals surface area (Å²) in [5, 5.41) is 3.54. The Morgan fingerprint density at radius 1 is 1.29 bits per heavy atom. The summed E-state index contributed by atoms with van der Waals surface area (Å²) < 4.78 is 1.66. The molecule has 4 heteroatoms. The fourth-order valence-corrected chi connectivity index (χ4v) is 2.44. The zero-order chi connectivity index (χ0) is 15.2. The van der Waals surface area contributed by atoms with E-state index in [2.05, 4.69) is 49.3 Å². The number of hydrogen-bond donors (Lipinski definition) is 1. The van der Waals surface area contributed by atoms with Gasteiger partial charge in [0.1, 0.15) is 0 Å². The van der Waals surface area contributed by atoms with E-state index in [9.17, 15) is 4.79 Å². The molecular formula is C17H23N3O. The van der Waals surface area contributed by atoms with Gasteiger partial charge in [0.2, 0.25) is 0 Å². The molecular weight excluding hydrogens is 262 g/mol. The van der Waals surface area contributed by atoms with Crippen molar-refractivity contribution in [2.75, 3.05) is 6.54 Å². The molecule has 0 saturated carbocycles. The van der Waals surface area contributed by atoms with Crippen LogP contribution in [0, 0.1) is 13.8 Å². The third kappa shape index (κ3) is 4.02. The lowest BCUT2D eigenvalue weighted by atomic mass is 9.98. The summed E-state index contributed by atoms with van der Waals surface area (Å²) in [4.78, 5) is 16.0. The molecule has 2 rings (SSSR count). The van der Waals surface area contributed by atoms with Gasteiger partial charge >= 0.3 is 0 Å². The fraction of sp³-hybridized carbons (Fsp3) is 0.412. The van der Waals surface area contributed by atoms with Crippen LogP contribution in [0.2, 0.25) is 0 Å². The highest BCUT2D eigenvalue weighted by molar-refractivity contribution is 5.33. The van der Waals surface area contributed by atoms with Gasteiger partial charge in [-0.15, -0.1) is 0 Å². The van der Waals surface area contributed by atoms with E-state index in [1.54, 1.807) is 10.9 Å². The Balaban J connectivity index is 2.32. The molecule has 4 nitrogen and oxygen atoms in total. The van der Waals surface area contributed by atoms with Gasteiger partial charge in [-0.05, 0) is 37.9 Å². The molecule has 2 aromatic rings. The van der Waals surface area contributed by atoms with Crippen molar-refractivity contribution in [1.82, 2.24) is 14.9 Å². The summed E-state index contributed by atoms with van der Waals surface area (Å²) in [7, 11) is 0.